The Morgan fingerprint density at radius 2 is 2.14 bits per heavy atom. The second-order valence-electron chi connectivity index (χ2n) is 4.62. The van der Waals surface area contributed by atoms with E-state index < -0.39 is 0 Å². The van der Waals surface area contributed by atoms with Crippen LogP contribution in [0.2, 0.25) is 0 Å². The number of rotatable bonds is 4. The molecule has 22 heavy (non-hydrogen) atoms. The van der Waals surface area contributed by atoms with Crippen LogP contribution in [0.25, 0.3) is 17.5 Å². The smallest absolute Gasteiger partial charge is 0.216 e. The fourth-order valence-electron chi connectivity index (χ4n) is 2.03. The van der Waals surface area contributed by atoms with Crippen LogP contribution in [0.4, 0.5) is 0 Å². The van der Waals surface area contributed by atoms with E-state index in [9.17, 15) is 0 Å². The van der Waals surface area contributed by atoms with Gasteiger partial charge in [-0.2, -0.15) is 14.9 Å². The van der Waals surface area contributed by atoms with Gasteiger partial charge in [-0.25, -0.2) is 5.10 Å². The molecule has 0 unspecified atom stereocenters. The molecule has 6 heteroatoms. The van der Waals surface area contributed by atoms with Crippen LogP contribution < -0.4 is 0 Å². The highest BCUT2D eigenvalue weighted by molar-refractivity contribution is 7.71. The van der Waals surface area contributed by atoms with Gasteiger partial charge in [-0.05, 0) is 49.0 Å². The van der Waals surface area contributed by atoms with E-state index in [1.54, 1.807) is 23.2 Å². The molecule has 1 aromatic carbocycles. The molecule has 3 rings (SSSR count). The number of H-pyrrole nitrogens is 1. The quantitative estimate of drug-likeness (QED) is 0.584. The summed E-state index contributed by atoms with van der Waals surface area (Å²) in [7, 11) is 0. The molecule has 0 saturated heterocycles. The van der Waals surface area contributed by atoms with Crippen LogP contribution in [0.5, 0.6) is 0 Å². The summed E-state index contributed by atoms with van der Waals surface area (Å²) in [6.07, 6.45) is 6.88. The van der Waals surface area contributed by atoms with Crippen LogP contribution in [-0.4, -0.2) is 21.1 Å². The van der Waals surface area contributed by atoms with Crippen LogP contribution in [-0.2, 0) is 0 Å². The summed E-state index contributed by atoms with van der Waals surface area (Å²) in [6.45, 7) is 2.03. The fourth-order valence-corrected chi connectivity index (χ4v) is 2.21. The minimum Gasteiger partial charge on any atom is -0.465 e. The Balaban J connectivity index is 1.90. The lowest BCUT2D eigenvalue weighted by Crippen LogP contribution is -1.95. The third-order valence-electron chi connectivity index (χ3n) is 3.11. The predicted molar refractivity (Wildman–Crippen MR) is 89.2 cm³/mol. The number of benzene rings is 1. The minimum absolute atomic E-state index is 0.445. The zero-order valence-corrected chi connectivity index (χ0v) is 12.7. The van der Waals surface area contributed by atoms with E-state index >= 15 is 0 Å². The molecule has 0 atom stereocenters. The van der Waals surface area contributed by atoms with E-state index in [1.165, 1.54) is 0 Å². The summed E-state index contributed by atoms with van der Waals surface area (Å²) in [6, 6.07) is 11.7. The van der Waals surface area contributed by atoms with Gasteiger partial charge in [0.15, 0.2) is 5.82 Å². The van der Waals surface area contributed by atoms with Crippen LogP contribution in [0, 0.1) is 11.7 Å². The molecule has 0 aliphatic carbocycles. The molecule has 0 aliphatic heterocycles. The van der Waals surface area contributed by atoms with E-state index in [4.69, 9.17) is 16.6 Å². The monoisotopic (exact) mass is 310 g/mol. The summed E-state index contributed by atoms with van der Waals surface area (Å²) in [4.78, 5) is 0. The zero-order chi connectivity index (χ0) is 15.4. The van der Waals surface area contributed by atoms with Crippen molar-refractivity contribution in [1.29, 1.82) is 0 Å². The van der Waals surface area contributed by atoms with Crippen molar-refractivity contribution in [1.82, 2.24) is 14.9 Å². The average molecular weight is 310 g/mol. The van der Waals surface area contributed by atoms with Crippen LogP contribution in [0.1, 0.15) is 11.3 Å². The maximum Gasteiger partial charge on any atom is 0.216 e. The van der Waals surface area contributed by atoms with E-state index in [2.05, 4.69) is 15.3 Å². The van der Waals surface area contributed by atoms with Gasteiger partial charge in [-0.3, -0.25) is 0 Å². The van der Waals surface area contributed by atoms with Gasteiger partial charge in [0.25, 0.3) is 0 Å². The van der Waals surface area contributed by atoms with Crippen molar-refractivity contribution in [2.24, 2.45) is 5.10 Å². The SMILES string of the molecule is Cc1ccccc1-c1n[nH]c(=S)n1/N=C\C=C\c1ccco1. The molecule has 3 aromatic rings. The zero-order valence-electron chi connectivity index (χ0n) is 11.9. The Morgan fingerprint density at radius 3 is 2.91 bits per heavy atom. The van der Waals surface area contributed by atoms with Gasteiger partial charge in [0.2, 0.25) is 4.77 Å². The van der Waals surface area contributed by atoms with Gasteiger partial charge in [0.05, 0.1) is 6.26 Å². The number of allylic oxidation sites excluding steroid dienone is 1. The van der Waals surface area contributed by atoms with E-state index in [-0.39, 0.29) is 0 Å². The lowest BCUT2D eigenvalue weighted by Gasteiger charge is -2.03. The normalized spacial score (nSPS) is 11.7. The molecular formula is C16H14N4OS. The Bertz CT molecular complexity index is 872. The molecule has 2 aromatic heterocycles. The standard InChI is InChI=1S/C16H14N4OS/c1-12-6-2-3-9-14(12)15-18-19-16(22)20(15)17-10-4-7-13-8-5-11-21-13/h2-11H,1H3,(H,19,22)/b7-4+,17-10-. The molecule has 0 radical (unpaired) electrons. The van der Waals surface area contributed by atoms with Gasteiger partial charge >= 0.3 is 0 Å². The molecule has 5 nitrogen and oxygen atoms in total. The van der Waals surface area contributed by atoms with E-state index in [0.29, 0.717) is 10.6 Å². The van der Waals surface area contributed by atoms with Crippen molar-refractivity contribution < 1.29 is 4.42 Å². The number of hydrogen-bond acceptors (Lipinski definition) is 4. The van der Waals surface area contributed by atoms with Crippen molar-refractivity contribution in [2.45, 2.75) is 6.92 Å². The number of hydrogen-bond donors (Lipinski definition) is 1. The summed E-state index contributed by atoms with van der Waals surface area (Å²) in [5.41, 5.74) is 2.10. The maximum absolute atomic E-state index is 5.23. The van der Waals surface area contributed by atoms with E-state index in [0.717, 1.165) is 16.9 Å². The largest absolute Gasteiger partial charge is 0.465 e. The first-order valence-electron chi connectivity index (χ1n) is 6.73. The minimum atomic E-state index is 0.445. The summed E-state index contributed by atoms with van der Waals surface area (Å²) < 4.78 is 7.26. The fraction of sp³-hybridized carbons (Fsp3) is 0.0625. The maximum atomic E-state index is 5.23. The molecule has 0 bridgehead atoms. The Labute approximate surface area is 132 Å². The average Bonchev–Trinajstić information content (AvgIpc) is 3.15. The van der Waals surface area contributed by atoms with Gasteiger partial charge in [0.1, 0.15) is 5.76 Å². The summed E-state index contributed by atoms with van der Waals surface area (Å²) in [5, 5.41) is 11.4. The predicted octanol–water partition coefficient (Wildman–Crippen LogP) is 4.06. The molecular weight excluding hydrogens is 296 g/mol. The molecule has 0 amide bonds. The van der Waals surface area contributed by atoms with Gasteiger partial charge in [0, 0.05) is 11.8 Å². The van der Waals surface area contributed by atoms with Crippen LogP contribution >= 0.6 is 12.2 Å². The first-order valence-corrected chi connectivity index (χ1v) is 7.14. The van der Waals surface area contributed by atoms with Crippen LogP contribution in [0.3, 0.4) is 0 Å². The number of furan rings is 1. The van der Waals surface area contributed by atoms with Crippen molar-refractivity contribution in [3.8, 4) is 11.4 Å². The number of nitrogens with zero attached hydrogens (tertiary/aromatic N) is 3. The second kappa shape index (κ2) is 6.36. The number of aryl methyl sites for hydroxylation is 1. The highest BCUT2D eigenvalue weighted by Gasteiger charge is 2.09. The second-order valence-corrected chi connectivity index (χ2v) is 5.00. The van der Waals surface area contributed by atoms with Crippen molar-refractivity contribution in [3.05, 3.63) is 64.8 Å². The third-order valence-corrected chi connectivity index (χ3v) is 3.37. The molecule has 0 aliphatic rings. The first kappa shape index (κ1) is 14.2. The van der Waals surface area contributed by atoms with Gasteiger partial charge in [-0.1, -0.05) is 24.3 Å². The van der Waals surface area contributed by atoms with Crippen LogP contribution in [0.15, 0.2) is 58.3 Å². The molecule has 110 valence electrons. The molecule has 0 fully saturated rings. The molecule has 2 heterocycles. The number of aromatic amines is 1. The van der Waals surface area contributed by atoms with E-state index in [1.807, 2.05) is 49.4 Å². The molecule has 1 N–H and O–H groups in total. The molecule has 0 saturated carbocycles. The number of nitrogens with one attached hydrogen (secondary N) is 1. The highest BCUT2D eigenvalue weighted by atomic mass is 32.1. The summed E-state index contributed by atoms with van der Waals surface area (Å²) in [5.74, 6) is 1.45. The van der Waals surface area contributed by atoms with Gasteiger partial charge in [-0.15, -0.1) is 0 Å². The van der Waals surface area contributed by atoms with Crippen molar-refractivity contribution in [2.75, 3.05) is 0 Å². The first-order chi connectivity index (χ1) is 10.8. The molecule has 0 spiro atoms. The Morgan fingerprint density at radius 1 is 1.27 bits per heavy atom. The Kier molecular flexibility index (Phi) is 4.11. The number of aromatic nitrogens is 3. The highest BCUT2D eigenvalue weighted by Crippen LogP contribution is 2.20. The summed E-state index contributed by atoms with van der Waals surface area (Å²) >= 11 is 5.23. The lowest BCUT2D eigenvalue weighted by atomic mass is 10.1. The topological polar surface area (TPSA) is 59.1 Å². The third kappa shape index (κ3) is 2.96. The van der Waals surface area contributed by atoms with Gasteiger partial charge < -0.3 is 4.42 Å². The Hall–Kier alpha value is -2.73. The van der Waals surface area contributed by atoms with Crippen molar-refractivity contribution >= 4 is 24.5 Å². The lowest BCUT2D eigenvalue weighted by molar-refractivity contribution is 0.557. The van der Waals surface area contributed by atoms with Crippen molar-refractivity contribution in [3.63, 3.8) is 0 Å².